The number of amides is 2. The monoisotopic (exact) mass is 319 g/mol. The van der Waals surface area contributed by atoms with Gasteiger partial charge in [-0.25, -0.2) is 9.78 Å². The van der Waals surface area contributed by atoms with Crippen LogP contribution in [0.4, 0.5) is 10.5 Å². The van der Waals surface area contributed by atoms with E-state index in [2.05, 4.69) is 15.6 Å². The molecule has 2 aromatic rings. The van der Waals surface area contributed by atoms with E-state index in [1.165, 1.54) is 0 Å². The molecule has 1 heterocycles. The molecule has 0 saturated heterocycles. The second kappa shape index (κ2) is 8.24. The van der Waals surface area contributed by atoms with Crippen LogP contribution in [0.5, 0.6) is 5.75 Å². The molecule has 0 aliphatic rings. The number of nitrogens with zero attached hydrogens (tertiary/aromatic N) is 1. The number of carbonyl (C=O) groups is 1. The molecule has 2 N–H and O–H groups in total. The van der Waals surface area contributed by atoms with E-state index < -0.39 is 0 Å². The summed E-state index contributed by atoms with van der Waals surface area (Å²) >= 11 is 5.86. The van der Waals surface area contributed by atoms with E-state index in [9.17, 15) is 4.79 Å². The zero-order chi connectivity index (χ0) is 15.8. The van der Waals surface area contributed by atoms with E-state index in [4.69, 9.17) is 16.3 Å². The largest absolute Gasteiger partial charge is 0.493 e. The number of ether oxygens (including phenoxy) is 1. The van der Waals surface area contributed by atoms with E-state index >= 15 is 0 Å². The van der Waals surface area contributed by atoms with Gasteiger partial charge in [-0.3, -0.25) is 0 Å². The van der Waals surface area contributed by atoms with Gasteiger partial charge in [-0.1, -0.05) is 29.8 Å². The first-order chi connectivity index (χ1) is 10.7. The van der Waals surface area contributed by atoms with Crippen molar-refractivity contribution < 1.29 is 9.53 Å². The minimum atomic E-state index is -0.314. The van der Waals surface area contributed by atoms with Crippen molar-refractivity contribution in [2.24, 2.45) is 0 Å². The third-order valence-electron chi connectivity index (χ3n) is 2.97. The van der Waals surface area contributed by atoms with Crippen molar-refractivity contribution in [2.75, 3.05) is 18.5 Å². The summed E-state index contributed by atoms with van der Waals surface area (Å²) in [5.41, 5.74) is 1.58. The van der Waals surface area contributed by atoms with E-state index in [-0.39, 0.29) is 11.2 Å². The number of rotatable bonds is 6. The maximum absolute atomic E-state index is 11.7. The second-order valence-electron chi connectivity index (χ2n) is 4.69. The Bertz CT molecular complexity index is 634. The Labute approximate surface area is 134 Å². The summed E-state index contributed by atoms with van der Waals surface area (Å²) in [7, 11) is 0. The minimum absolute atomic E-state index is 0.264. The molecule has 2 amide bonds. The molecule has 0 saturated carbocycles. The summed E-state index contributed by atoms with van der Waals surface area (Å²) in [6.07, 6.45) is 2.27. The van der Waals surface area contributed by atoms with Gasteiger partial charge in [-0.05, 0) is 37.1 Å². The van der Waals surface area contributed by atoms with E-state index in [0.29, 0.717) is 25.3 Å². The normalized spacial score (nSPS) is 10.1. The number of carbonyl (C=O) groups excluding carboxylic acids is 1. The van der Waals surface area contributed by atoms with Crippen LogP contribution < -0.4 is 15.4 Å². The predicted molar refractivity (Wildman–Crippen MR) is 87.6 cm³/mol. The third kappa shape index (κ3) is 4.93. The Morgan fingerprint density at radius 3 is 2.86 bits per heavy atom. The number of nitrogens with one attached hydrogen (secondary N) is 2. The van der Waals surface area contributed by atoms with Gasteiger partial charge in [0.2, 0.25) is 0 Å². The fourth-order valence-corrected chi connectivity index (χ4v) is 1.99. The number of benzene rings is 1. The fourth-order valence-electron chi connectivity index (χ4n) is 1.82. The number of urea groups is 1. The van der Waals surface area contributed by atoms with Crippen LogP contribution in [0, 0.1) is 6.92 Å². The number of hydrogen-bond acceptors (Lipinski definition) is 3. The molecule has 0 aliphatic carbocycles. The van der Waals surface area contributed by atoms with Crippen LogP contribution in [0.15, 0.2) is 42.6 Å². The lowest BCUT2D eigenvalue weighted by molar-refractivity contribution is 0.250. The zero-order valence-corrected chi connectivity index (χ0v) is 13.1. The number of anilines is 1. The Kier molecular flexibility index (Phi) is 6.03. The standard InChI is InChI=1S/C16H18ClN3O2/c1-12-6-2-3-8-14(12)22-11-5-10-19-16(21)20-13-7-4-9-18-15(13)17/h2-4,6-9H,5,10-11H2,1H3,(H2,19,20,21). The summed E-state index contributed by atoms with van der Waals surface area (Å²) < 4.78 is 5.65. The summed E-state index contributed by atoms with van der Waals surface area (Å²) in [6.45, 7) is 3.05. The lowest BCUT2D eigenvalue weighted by atomic mass is 10.2. The Hall–Kier alpha value is -2.27. The maximum Gasteiger partial charge on any atom is 0.319 e. The van der Waals surface area contributed by atoms with Crippen molar-refractivity contribution in [1.82, 2.24) is 10.3 Å². The first-order valence-electron chi connectivity index (χ1n) is 7.00. The average Bonchev–Trinajstić information content (AvgIpc) is 2.51. The van der Waals surface area contributed by atoms with Crippen molar-refractivity contribution >= 4 is 23.3 Å². The molecule has 0 bridgehead atoms. The van der Waals surface area contributed by atoms with Crippen LogP contribution in [0.1, 0.15) is 12.0 Å². The summed E-state index contributed by atoms with van der Waals surface area (Å²) in [5.74, 6) is 0.870. The van der Waals surface area contributed by atoms with Gasteiger partial charge in [0.15, 0.2) is 5.15 Å². The van der Waals surface area contributed by atoms with Gasteiger partial charge in [0.25, 0.3) is 0 Å². The van der Waals surface area contributed by atoms with Gasteiger partial charge >= 0.3 is 6.03 Å². The molecule has 0 radical (unpaired) electrons. The zero-order valence-electron chi connectivity index (χ0n) is 12.3. The van der Waals surface area contributed by atoms with Gasteiger partial charge < -0.3 is 15.4 Å². The van der Waals surface area contributed by atoms with Crippen molar-refractivity contribution in [3.8, 4) is 5.75 Å². The average molecular weight is 320 g/mol. The van der Waals surface area contributed by atoms with Crippen LogP contribution in [0.3, 0.4) is 0 Å². The highest BCUT2D eigenvalue weighted by molar-refractivity contribution is 6.32. The number of pyridine rings is 1. The smallest absolute Gasteiger partial charge is 0.319 e. The quantitative estimate of drug-likeness (QED) is 0.631. The first-order valence-corrected chi connectivity index (χ1v) is 7.38. The molecule has 0 unspecified atom stereocenters. The number of aromatic nitrogens is 1. The van der Waals surface area contributed by atoms with Gasteiger partial charge in [-0.15, -0.1) is 0 Å². The molecule has 5 nitrogen and oxygen atoms in total. The molecule has 2 rings (SSSR count). The van der Waals surface area contributed by atoms with E-state index in [1.807, 2.05) is 31.2 Å². The van der Waals surface area contributed by atoms with Crippen LogP contribution in [0.2, 0.25) is 5.15 Å². The van der Waals surface area contributed by atoms with Crippen LogP contribution >= 0.6 is 11.6 Å². The Morgan fingerprint density at radius 2 is 2.09 bits per heavy atom. The summed E-state index contributed by atoms with van der Waals surface area (Å²) in [6, 6.07) is 10.9. The molecule has 0 aliphatic heterocycles. The Morgan fingerprint density at radius 1 is 1.27 bits per heavy atom. The lowest BCUT2D eigenvalue weighted by Crippen LogP contribution is -2.30. The molecule has 0 spiro atoms. The Balaban J connectivity index is 1.65. The van der Waals surface area contributed by atoms with Crippen molar-refractivity contribution in [1.29, 1.82) is 0 Å². The van der Waals surface area contributed by atoms with Crippen LogP contribution in [-0.4, -0.2) is 24.2 Å². The summed E-state index contributed by atoms with van der Waals surface area (Å²) in [4.78, 5) is 15.6. The van der Waals surface area contributed by atoms with Crippen molar-refractivity contribution in [3.63, 3.8) is 0 Å². The van der Waals surface area contributed by atoms with Gasteiger partial charge in [0.1, 0.15) is 5.75 Å². The van der Waals surface area contributed by atoms with Gasteiger partial charge in [-0.2, -0.15) is 0 Å². The topological polar surface area (TPSA) is 63.2 Å². The minimum Gasteiger partial charge on any atom is -0.493 e. The van der Waals surface area contributed by atoms with Crippen molar-refractivity contribution in [2.45, 2.75) is 13.3 Å². The third-order valence-corrected chi connectivity index (χ3v) is 3.27. The number of halogens is 1. The molecule has 1 aromatic heterocycles. The van der Waals surface area contributed by atoms with Gasteiger partial charge in [0, 0.05) is 12.7 Å². The van der Waals surface area contributed by atoms with Crippen LogP contribution in [0.25, 0.3) is 0 Å². The number of para-hydroxylation sites is 1. The van der Waals surface area contributed by atoms with Crippen LogP contribution in [-0.2, 0) is 0 Å². The molecule has 22 heavy (non-hydrogen) atoms. The SMILES string of the molecule is Cc1ccccc1OCCCNC(=O)Nc1cccnc1Cl. The molecule has 1 aromatic carbocycles. The number of aryl methyl sites for hydroxylation is 1. The summed E-state index contributed by atoms with van der Waals surface area (Å²) in [5, 5.41) is 5.65. The molecular weight excluding hydrogens is 302 g/mol. The highest BCUT2D eigenvalue weighted by Gasteiger charge is 2.05. The predicted octanol–water partition coefficient (Wildman–Crippen LogP) is 3.63. The highest BCUT2D eigenvalue weighted by Crippen LogP contribution is 2.17. The van der Waals surface area contributed by atoms with Crippen molar-refractivity contribution in [3.05, 3.63) is 53.3 Å². The first kappa shape index (κ1) is 16.1. The second-order valence-corrected chi connectivity index (χ2v) is 5.05. The number of hydrogen-bond donors (Lipinski definition) is 2. The van der Waals surface area contributed by atoms with E-state index in [0.717, 1.165) is 11.3 Å². The fraction of sp³-hybridized carbons (Fsp3) is 0.250. The molecule has 0 atom stereocenters. The van der Waals surface area contributed by atoms with Gasteiger partial charge in [0.05, 0.1) is 12.3 Å². The van der Waals surface area contributed by atoms with E-state index in [1.54, 1.807) is 18.3 Å². The molecular formula is C16H18ClN3O2. The maximum atomic E-state index is 11.7. The lowest BCUT2D eigenvalue weighted by Gasteiger charge is -2.10. The highest BCUT2D eigenvalue weighted by atomic mass is 35.5. The molecule has 116 valence electrons. The molecule has 6 heteroatoms. The molecule has 0 fully saturated rings.